The van der Waals surface area contributed by atoms with Crippen LogP contribution >= 0.6 is 11.6 Å². The van der Waals surface area contributed by atoms with Crippen molar-refractivity contribution in [3.63, 3.8) is 0 Å². The molecule has 1 aliphatic heterocycles. The molecule has 1 N–H and O–H groups in total. The van der Waals surface area contributed by atoms with Crippen molar-refractivity contribution in [2.45, 2.75) is 46.0 Å². The molecule has 0 bridgehead atoms. The number of benzene rings is 1. The third-order valence-corrected chi connectivity index (χ3v) is 6.24. The van der Waals surface area contributed by atoms with Crippen LogP contribution < -0.4 is 0 Å². The second-order valence-electron chi connectivity index (χ2n) is 8.81. The molecule has 1 aromatic carbocycles. The SMILES string of the molecule is CC(C)(CC(=O)O)CC(=O)N1C[C@H]2CC[C@H](Cc3cccc(Cl)c3)[C@H]2C1. The van der Waals surface area contributed by atoms with Gasteiger partial charge in [0.25, 0.3) is 0 Å². The minimum absolute atomic E-state index is 0.0246. The van der Waals surface area contributed by atoms with Gasteiger partial charge in [0.05, 0.1) is 6.42 Å². The summed E-state index contributed by atoms with van der Waals surface area (Å²) >= 11 is 6.11. The molecular weight excluding hydrogens is 350 g/mol. The maximum atomic E-state index is 12.7. The highest BCUT2D eigenvalue weighted by molar-refractivity contribution is 6.30. The lowest BCUT2D eigenvalue weighted by Gasteiger charge is -2.26. The van der Waals surface area contributed by atoms with Crippen LogP contribution in [0, 0.1) is 23.2 Å². The molecule has 3 atom stereocenters. The molecule has 3 rings (SSSR count). The largest absolute Gasteiger partial charge is 0.481 e. The molecule has 1 aliphatic carbocycles. The number of carboxylic acid groups (broad SMARTS) is 1. The van der Waals surface area contributed by atoms with Crippen LogP contribution in [0.4, 0.5) is 0 Å². The summed E-state index contributed by atoms with van der Waals surface area (Å²) in [5, 5.41) is 9.80. The molecule has 4 nitrogen and oxygen atoms in total. The number of likely N-dealkylation sites (tertiary alicyclic amines) is 1. The molecule has 1 saturated carbocycles. The second-order valence-corrected chi connectivity index (χ2v) is 9.24. The first-order valence-electron chi connectivity index (χ1n) is 9.47. The lowest BCUT2D eigenvalue weighted by molar-refractivity contribution is -0.140. The quantitative estimate of drug-likeness (QED) is 0.805. The molecule has 0 unspecified atom stereocenters. The predicted molar refractivity (Wildman–Crippen MR) is 102 cm³/mol. The molecule has 1 amide bonds. The first kappa shape index (κ1) is 19.2. The molecule has 142 valence electrons. The van der Waals surface area contributed by atoms with Crippen LogP contribution in [0.5, 0.6) is 0 Å². The van der Waals surface area contributed by atoms with Gasteiger partial charge in [-0.05, 0) is 60.1 Å². The van der Waals surface area contributed by atoms with Gasteiger partial charge < -0.3 is 10.0 Å². The number of carbonyl (C=O) groups excluding carboxylic acids is 1. The number of hydrogen-bond acceptors (Lipinski definition) is 2. The number of carbonyl (C=O) groups is 2. The lowest BCUT2D eigenvalue weighted by Crippen LogP contribution is -2.34. The lowest BCUT2D eigenvalue weighted by atomic mass is 9.85. The minimum Gasteiger partial charge on any atom is -0.481 e. The minimum atomic E-state index is -0.845. The second kappa shape index (κ2) is 7.59. The Kier molecular flexibility index (Phi) is 5.61. The van der Waals surface area contributed by atoms with E-state index in [9.17, 15) is 9.59 Å². The van der Waals surface area contributed by atoms with Crippen LogP contribution in [0.3, 0.4) is 0 Å². The molecule has 2 fully saturated rings. The summed E-state index contributed by atoms with van der Waals surface area (Å²) in [6.07, 6.45) is 3.75. The average Bonchev–Trinajstić information content (AvgIpc) is 3.07. The number of rotatable bonds is 6. The van der Waals surface area contributed by atoms with Crippen molar-refractivity contribution in [2.75, 3.05) is 13.1 Å². The molecule has 0 aromatic heterocycles. The van der Waals surface area contributed by atoms with Crippen molar-refractivity contribution in [1.29, 1.82) is 0 Å². The van der Waals surface area contributed by atoms with Gasteiger partial charge in [-0.1, -0.05) is 37.6 Å². The van der Waals surface area contributed by atoms with E-state index >= 15 is 0 Å². The summed E-state index contributed by atoms with van der Waals surface area (Å²) in [5.41, 5.74) is 0.774. The van der Waals surface area contributed by atoms with Gasteiger partial charge in [0.15, 0.2) is 0 Å². The monoisotopic (exact) mass is 377 g/mol. The van der Waals surface area contributed by atoms with Gasteiger partial charge in [-0.15, -0.1) is 0 Å². The van der Waals surface area contributed by atoms with Gasteiger partial charge in [-0.2, -0.15) is 0 Å². The number of carboxylic acids is 1. The van der Waals surface area contributed by atoms with Crippen molar-refractivity contribution in [3.8, 4) is 0 Å². The maximum absolute atomic E-state index is 12.7. The van der Waals surface area contributed by atoms with Gasteiger partial charge in [-0.25, -0.2) is 0 Å². The summed E-state index contributed by atoms with van der Waals surface area (Å²) in [6, 6.07) is 8.07. The van der Waals surface area contributed by atoms with E-state index in [2.05, 4.69) is 6.07 Å². The van der Waals surface area contributed by atoms with Crippen molar-refractivity contribution in [2.24, 2.45) is 23.2 Å². The molecule has 26 heavy (non-hydrogen) atoms. The molecule has 0 spiro atoms. The Balaban J connectivity index is 1.59. The van der Waals surface area contributed by atoms with E-state index < -0.39 is 11.4 Å². The predicted octanol–water partition coefficient (Wildman–Crippen LogP) is 4.26. The number of aliphatic carboxylic acids is 1. The van der Waals surface area contributed by atoms with Crippen LogP contribution in [0.1, 0.15) is 45.1 Å². The molecule has 0 radical (unpaired) electrons. The molecule has 1 aromatic rings. The van der Waals surface area contributed by atoms with E-state index in [0.29, 0.717) is 24.2 Å². The number of fused-ring (bicyclic) bond motifs is 1. The van der Waals surface area contributed by atoms with Gasteiger partial charge in [0, 0.05) is 24.5 Å². The van der Waals surface area contributed by atoms with Crippen molar-refractivity contribution >= 4 is 23.5 Å². The highest BCUT2D eigenvalue weighted by Crippen LogP contribution is 2.44. The zero-order valence-electron chi connectivity index (χ0n) is 15.6. The van der Waals surface area contributed by atoms with E-state index in [1.54, 1.807) is 0 Å². The number of halogens is 1. The van der Waals surface area contributed by atoms with Crippen molar-refractivity contribution in [1.82, 2.24) is 4.90 Å². The van der Waals surface area contributed by atoms with Crippen LogP contribution in [-0.4, -0.2) is 35.0 Å². The molecule has 1 saturated heterocycles. The number of nitrogens with zero attached hydrogens (tertiary/aromatic N) is 1. The molecular formula is C21H28ClNO3. The van der Waals surface area contributed by atoms with Crippen LogP contribution in [-0.2, 0) is 16.0 Å². The van der Waals surface area contributed by atoms with Crippen LogP contribution in [0.2, 0.25) is 5.02 Å². The number of hydrogen-bond donors (Lipinski definition) is 1. The molecule has 2 aliphatic rings. The smallest absolute Gasteiger partial charge is 0.303 e. The van der Waals surface area contributed by atoms with Gasteiger partial charge in [0.1, 0.15) is 0 Å². The third-order valence-electron chi connectivity index (χ3n) is 6.00. The summed E-state index contributed by atoms with van der Waals surface area (Å²) in [4.78, 5) is 25.7. The highest BCUT2D eigenvalue weighted by Gasteiger charge is 2.44. The Morgan fingerprint density at radius 1 is 1.23 bits per heavy atom. The Morgan fingerprint density at radius 3 is 2.69 bits per heavy atom. The van der Waals surface area contributed by atoms with Crippen LogP contribution in [0.25, 0.3) is 0 Å². The van der Waals surface area contributed by atoms with Gasteiger partial charge >= 0.3 is 5.97 Å². The van der Waals surface area contributed by atoms with Gasteiger partial charge in [-0.3, -0.25) is 9.59 Å². The molecule has 1 heterocycles. The van der Waals surface area contributed by atoms with Crippen molar-refractivity contribution in [3.05, 3.63) is 34.9 Å². The van der Waals surface area contributed by atoms with Gasteiger partial charge in [0.2, 0.25) is 5.91 Å². The maximum Gasteiger partial charge on any atom is 0.303 e. The summed E-state index contributed by atoms with van der Waals surface area (Å²) in [7, 11) is 0. The summed E-state index contributed by atoms with van der Waals surface area (Å²) in [6.45, 7) is 5.37. The fourth-order valence-electron chi connectivity index (χ4n) is 4.79. The van der Waals surface area contributed by atoms with E-state index in [0.717, 1.165) is 24.5 Å². The summed E-state index contributed by atoms with van der Waals surface area (Å²) < 4.78 is 0. The van der Waals surface area contributed by atoms with E-state index in [-0.39, 0.29) is 12.3 Å². The fourth-order valence-corrected chi connectivity index (χ4v) is 5.01. The third kappa shape index (κ3) is 4.59. The van der Waals surface area contributed by atoms with E-state index in [1.807, 2.05) is 36.9 Å². The Morgan fingerprint density at radius 2 is 2.00 bits per heavy atom. The van der Waals surface area contributed by atoms with Crippen LogP contribution in [0.15, 0.2) is 24.3 Å². The standard InChI is InChI=1S/C21H28ClNO3/c1-21(2,11-20(25)26)10-19(24)23-12-16-7-6-15(18(16)13-23)8-14-4-3-5-17(22)9-14/h3-5,9,15-16,18H,6-8,10-13H2,1-2H3,(H,25,26)/t15-,16-,18-/m1/s1. The molecule has 5 heteroatoms. The topological polar surface area (TPSA) is 57.6 Å². The Labute approximate surface area is 160 Å². The summed E-state index contributed by atoms with van der Waals surface area (Å²) in [5.74, 6) is 1.00. The first-order chi connectivity index (χ1) is 12.2. The normalized spacial score (nSPS) is 25.3. The Bertz CT molecular complexity index is 688. The zero-order valence-corrected chi connectivity index (χ0v) is 16.3. The Hall–Kier alpha value is -1.55. The highest BCUT2D eigenvalue weighted by atomic mass is 35.5. The van der Waals surface area contributed by atoms with Crippen molar-refractivity contribution < 1.29 is 14.7 Å². The number of amides is 1. The average molecular weight is 378 g/mol. The fraction of sp³-hybridized carbons (Fsp3) is 0.619. The van der Waals surface area contributed by atoms with E-state index in [1.165, 1.54) is 18.4 Å². The zero-order chi connectivity index (χ0) is 18.9. The first-order valence-corrected chi connectivity index (χ1v) is 9.85. The van der Waals surface area contributed by atoms with E-state index in [4.69, 9.17) is 16.7 Å².